The Bertz CT molecular complexity index is 234. The van der Waals surface area contributed by atoms with Gasteiger partial charge in [-0.2, -0.15) is 0 Å². The summed E-state index contributed by atoms with van der Waals surface area (Å²) in [7, 11) is -1.14. The van der Waals surface area contributed by atoms with Crippen molar-refractivity contribution >= 4 is 8.60 Å². The van der Waals surface area contributed by atoms with Gasteiger partial charge in [0.05, 0.1) is 19.8 Å². The van der Waals surface area contributed by atoms with Crippen LogP contribution in [-0.2, 0) is 13.6 Å². The van der Waals surface area contributed by atoms with Gasteiger partial charge in [0.2, 0.25) is 0 Å². The quantitative estimate of drug-likeness (QED) is 0.115. The molecule has 170 valence electrons. The van der Waals surface area contributed by atoms with Crippen molar-refractivity contribution in [2.45, 2.75) is 136 Å². The van der Waals surface area contributed by atoms with E-state index in [9.17, 15) is 0 Å². The Balaban J connectivity index is 3.80. The van der Waals surface area contributed by atoms with E-state index in [1.54, 1.807) is 0 Å². The number of hydrogen-bond donors (Lipinski definition) is 0. The summed E-state index contributed by atoms with van der Waals surface area (Å²) in [6.45, 7) is 9.14. The molecule has 0 amide bonds. The van der Waals surface area contributed by atoms with Crippen LogP contribution in [0.1, 0.15) is 136 Å². The first-order valence-corrected chi connectivity index (χ1v) is 13.6. The topological polar surface area (TPSA) is 27.7 Å². The minimum atomic E-state index is -1.14. The summed E-state index contributed by atoms with van der Waals surface area (Å²) < 4.78 is 17.9. The molecular formula is C24H51O3P. The third-order valence-corrected chi connectivity index (χ3v) is 6.26. The number of rotatable bonds is 24. The van der Waals surface area contributed by atoms with Crippen molar-refractivity contribution in [1.29, 1.82) is 0 Å². The van der Waals surface area contributed by atoms with E-state index in [1.165, 1.54) is 96.3 Å². The summed E-state index contributed by atoms with van der Waals surface area (Å²) in [5, 5.41) is 0. The third-order valence-electron chi connectivity index (χ3n) is 5.08. The fraction of sp³-hybridized carbons (Fsp3) is 1.00. The maximum Gasteiger partial charge on any atom is 0.332 e. The van der Waals surface area contributed by atoms with Crippen molar-refractivity contribution in [2.24, 2.45) is 0 Å². The molecule has 0 rings (SSSR count). The highest BCUT2D eigenvalue weighted by Gasteiger charge is 2.12. The highest BCUT2D eigenvalue weighted by Crippen LogP contribution is 2.40. The largest absolute Gasteiger partial charge is 0.332 e. The molecule has 0 unspecified atom stereocenters. The summed E-state index contributed by atoms with van der Waals surface area (Å²) in [5.74, 6) is 0. The lowest BCUT2D eigenvalue weighted by Gasteiger charge is -2.17. The minimum absolute atomic E-state index is 0.783. The Hall–Kier alpha value is 0.310. The van der Waals surface area contributed by atoms with E-state index in [0.717, 1.165) is 39.1 Å². The van der Waals surface area contributed by atoms with Gasteiger partial charge >= 0.3 is 8.60 Å². The fourth-order valence-electron chi connectivity index (χ4n) is 3.18. The van der Waals surface area contributed by atoms with Crippen LogP contribution >= 0.6 is 8.60 Å². The first kappa shape index (κ1) is 28.3. The smallest absolute Gasteiger partial charge is 0.312 e. The molecule has 0 aromatic rings. The minimum Gasteiger partial charge on any atom is -0.312 e. The molecule has 0 spiro atoms. The van der Waals surface area contributed by atoms with E-state index in [2.05, 4.69) is 20.8 Å². The molecule has 0 aliphatic heterocycles. The van der Waals surface area contributed by atoms with Gasteiger partial charge in [-0.05, 0) is 19.3 Å². The second-order valence-corrected chi connectivity index (χ2v) is 9.25. The van der Waals surface area contributed by atoms with Crippen molar-refractivity contribution < 1.29 is 13.6 Å². The zero-order chi connectivity index (χ0) is 20.5. The average Bonchev–Trinajstić information content (AvgIpc) is 2.71. The van der Waals surface area contributed by atoms with Gasteiger partial charge in [0.1, 0.15) is 0 Å². The number of unbranched alkanes of at least 4 members (excludes halogenated alkanes) is 15. The van der Waals surface area contributed by atoms with E-state index < -0.39 is 8.60 Å². The van der Waals surface area contributed by atoms with Crippen molar-refractivity contribution in [1.82, 2.24) is 0 Å². The highest BCUT2D eigenvalue weighted by molar-refractivity contribution is 7.41. The Morgan fingerprint density at radius 1 is 0.357 bits per heavy atom. The zero-order valence-corrected chi connectivity index (χ0v) is 20.4. The molecule has 3 nitrogen and oxygen atoms in total. The monoisotopic (exact) mass is 418 g/mol. The van der Waals surface area contributed by atoms with Gasteiger partial charge in [0.15, 0.2) is 0 Å². The van der Waals surface area contributed by atoms with Gasteiger partial charge < -0.3 is 13.6 Å². The first-order valence-electron chi connectivity index (χ1n) is 12.5. The van der Waals surface area contributed by atoms with Crippen LogP contribution in [0, 0.1) is 0 Å². The molecule has 0 bridgehead atoms. The lowest BCUT2D eigenvalue weighted by molar-refractivity contribution is 0.153. The van der Waals surface area contributed by atoms with Gasteiger partial charge in [0, 0.05) is 0 Å². The van der Waals surface area contributed by atoms with Gasteiger partial charge in [-0.25, -0.2) is 0 Å². The van der Waals surface area contributed by atoms with Crippen LogP contribution in [0.4, 0.5) is 0 Å². The van der Waals surface area contributed by atoms with Gasteiger partial charge in [-0.15, -0.1) is 0 Å². The zero-order valence-electron chi connectivity index (χ0n) is 19.5. The van der Waals surface area contributed by atoms with E-state index in [0.29, 0.717) is 0 Å². The second kappa shape index (κ2) is 25.3. The molecule has 0 aromatic carbocycles. The normalized spacial score (nSPS) is 11.6. The van der Waals surface area contributed by atoms with Crippen LogP contribution < -0.4 is 0 Å². The van der Waals surface area contributed by atoms with E-state index in [-0.39, 0.29) is 0 Å². The molecule has 0 atom stereocenters. The molecule has 0 radical (unpaired) electrons. The van der Waals surface area contributed by atoms with Gasteiger partial charge in [-0.1, -0.05) is 117 Å². The van der Waals surface area contributed by atoms with Crippen molar-refractivity contribution in [3.8, 4) is 0 Å². The fourth-order valence-corrected chi connectivity index (χ4v) is 4.23. The van der Waals surface area contributed by atoms with Crippen molar-refractivity contribution in [2.75, 3.05) is 19.8 Å². The molecule has 0 aliphatic rings. The molecule has 0 aliphatic carbocycles. The molecule has 0 fully saturated rings. The predicted octanol–water partition coefficient (Wildman–Crippen LogP) is 9.34. The van der Waals surface area contributed by atoms with Gasteiger partial charge in [-0.3, -0.25) is 0 Å². The van der Waals surface area contributed by atoms with Crippen molar-refractivity contribution in [3.05, 3.63) is 0 Å². The Morgan fingerprint density at radius 2 is 0.607 bits per heavy atom. The molecule has 0 N–H and O–H groups in total. The number of hydrogen-bond acceptors (Lipinski definition) is 3. The lowest BCUT2D eigenvalue weighted by Crippen LogP contribution is -2.00. The van der Waals surface area contributed by atoms with E-state index in [4.69, 9.17) is 13.6 Å². The standard InChI is InChI=1S/C24H51O3P/c1-4-7-10-13-16-19-22-25-28(26-23-20-17-14-11-8-5-2)27-24-21-18-15-12-9-6-3/h4-24H2,1-3H3. The SMILES string of the molecule is CCCCCCCCOP(OCCCCCCCC)OCCCCCCCC. The summed E-state index contributed by atoms with van der Waals surface area (Å²) >= 11 is 0. The third kappa shape index (κ3) is 22.6. The second-order valence-electron chi connectivity index (χ2n) is 8.03. The molecule has 0 saturated carbocycles. The Morgan fingerprint density at radius 3 is 0.893 bits per heavy atom. The maximum absolute atomic E-state index is 5.96. The van der Waals surface area contributed by atoms with Crippen LogP contribution in [-0.4, -0.2) is 19.8 Å². The molecule has 4 heteroatoms. The molecular weight excluding hydrogens is 367 g/mol. The summed E-state index contributed by atoms with van der Waals surface area (Å²) in [6.07, 6.45) is 23.2. The lowest BCUT2D eigenvalue weighted by atomic mass is 10.1. The Kier molecular flexibility index (Phi) is 25.6. The van der Waals surface area contributed by atoms with Crippen LogP contribution in [0.2, 0.25) is 0 Å². The van der Waals surface area contributed by atoms with Crippen LogP contribution in [0.15, 0.2) is 0 Å². The summed E-state index contributed by atoms with van der Waals surface area (Å²) in [4.78, 5) is 0. The van der Waals surface area contributed by atoms with Crippen LogP contribution in [0.5, 0.6) is 0 Å². The van der Waals surface area contributed by atoms with E-state index >= 15 is 0 Å². The maximum atomic E-state index is 5.96. The predicted molar refractivity (Wildman–Crippen MR) is 125 cm³/mol. The molecule has 28 heavy (non-hydrogen) atoms. The van der Waals surface area contributed by atoms with Crippen LogP contribution in [0.3, 0.4) is 0 Å². The van der Waals surface area contributed by atoms with Crippen molar-refractivity contribution in [3.63, 3.8) is 0 Å². The molecule has 0 heterocycles. The highest BCUT2D eigenvalue weighted by atomic mass is 31.2. The van der Waals surface area contributed by atoms with Crippen LogP contribution in [0.25, 0.3) is 0 Å². The summed E-state index contributed by atoms with van der Waals surface area (Å²) in [5.41, 5.74) is 0. The van der Waals surface area contributed by atoms with E-state index in [1.807, 2.05) is 0 Å². The molecule has 0 aromatic heterocycles. The van der Waals surface area contributed by atoms with Gasteiger partial charge in [0.25, 0.3) is 0 Å². The first-order chi connectivity index (χ1) is 13.8. The average molecular weight is 419 g/mol. The Labute approximate surface area is 178 Å². The summed E-state index contributed by atoms with van der Waals surface area (Å²) in [6, 6.07) is 0. The molecule has 0 saturated heterocycles.